The highest BCUT2D eigenvalue weighted by atomic mass is 35.5. The lowest BCUT2D eigenvalue weighted by Gasteiger charge is -2.09. The molecule has 4 rings (SSSR count). The lowest BCUT2D eigenvalue weighted by molar-refractivity contribution is 0.102. The summed E-state index contributed by atoms with van der Waals surface area (Å²) in [4.78, 5) is 20.2. The minimum Gasteiger partial charge on any atom is -0.470 e. The Hall–Kier alpha value is -3.67. The van der Waals surface area contributed by atoms with Gasteiger partial charge in [0.25, 0.3) is 15.9 Å². The van der Waals surface area contributed by atoms with Crippen LogP contribution in [0.1, 0.15) is 10.5 Å². The van der Waals surface area contributed by atoms with Crippen LogP contribution in [0.2, 0.25) is 10.0 Å². The van der Waals surface area contributed by atoms with Crippen molar-refractivity contribution in [1.82, 2.24) is 19.7 Å². The summed E-state index contributed by atoms with van der Waals surface area (Å²) < 4.78 is 34.2. The molecule has 174 valence electrons. The Morgan fingerprint density at radius 1 is 1.00 bits per heavy atom. The first kappa shape index (κ1) is 23.5. The van der Waals surface area contributed by atoms with Crippen LogP contribution >= 0.6 is 23.2 Å². The van der Waals surface area contributed by atoms with Crippen molar-refractivity contribution in [1.29, 1.82) is 0 Å². The molecule has 0 atom stereocenters. The van der Waals surface area contributed by atoms with Gasteiger partial charge in [0.1, 0.15) is 10.8 Å². The average molecular weight is 519 g/mol. The van der Waals surface area contributed by atoms with Gasteiger partial charge >= 0.3 is 0 Å². The summed E-state index contributed by atoms with van der Waals surface area (Å²) in [5.74, 6) is -0.137. The van der Waals surface area contributed by atoms with Crippen LogP contribution in [0.25, 0.3) is 0 Å². The number of aromatic nitrogens is 4. The van der Waals surface area contributed by atoms with E-state index in [4.69, 9.17) is 27.9 Å². The number of ether oxygens (including phenoxy) is 1. The van der Waals surface area contributed by atoms with E-state index in [1.54, 1.807) is 30.5 Å². The lowest BCUT2D eigenvalue weighted by atomic mass is 10.3. The van der Waals surface area contributed by atoms with Crippen LogP contribution in [0.5, 0.6) is 5.75 Å². The molecule has 2 aromatic carbocycles. The summed E-state index contributed by atoms with van der Waals surface area (Å²) >= 11 is 12.0. The first-order chi connectivity index (χ1) is 16.3. The summed E-state index contributed by atoms with van der Waals surface area (Å²) in [5, 5.41) is 7.46. The fourth-order valence-corrected chi connectivity index (χ4v) is 4.03. The number of hydrogen-bond acceptors (Lipinski definition) is 7. The zero-order valence-electron chi connectivity index (χ0n) is 17.2. The van der Waals surface area contributed by atoms with Crippen molar-refractivity contribution in [3.05, 3.63) is 88.9 Å². The second-order valence-corrected chi connectivity index (χ2v) is 9.19. The van der Waals surface area contributed by atoms with Gasteiger partial charge in [0.15, 0.2) is 12.4 Å². The van der Waals surface area contributed by atoms with Crippen LogP contribution in [0.15, 0.2) is 78.1 Å². The van der Waals surface area contributed by atoms with E-state index in [0.29, 0.717) is 16.5 Å². The van der Waals surface area contributed by atoms with Gasteiger partial charge in [-0.15, -0.1) is 0 Å². The molecule has 4 aromatic rings. The Morgan fingerprint density at radius 2 is 1.74 bits per heavy atom. The predicted octanol–water partition coefficient (Wildman–Crippen LogP) is 4.07. The third-order valence-corrected chi connectivity index (χ3v) is 6.50. The molecule has 0 aliphatic carbocycles. The molecule has 2 N–H and O–H groups in total. The Bertz CT molecular complexity index is 1410. The zero-order valence-corrected chi connectivity index (χ0v) is 19.5. The summed E-state index contributed by atoms with van der Waals surface area (Å²) in [6, 6.07) is 13.7. The Labute approximate surface area is 204 Å². The second-order valence-electron chi connectivity index (χ2n) is 6.72. The standard InChI is InChI=1S/C21H16Cl2N6O4S/c22-16-3-1-4-18(19(16)23)33-13-29-12-9-17(27-29)20(30)26-14-5-7-15(8-6-14)34(31,32)28-21-24-10-2-11-25-21/h1-12H,13H2,(H,26,30)(H,24,25,28). The van der Waals surface area contributed by atoms with Gasteiger partial charge in [-0.2, -0.15) is 5.10 Å². The first-order valence-electron chi connectivity index (χ1n) is 9.63. The molecule has 13 heteroatoms. The Kier molecular flexibility index (Phi) is 6.96. The number of anilines is 2. The van der Waals surface area contributed by atoms with E-state index in [0.717, 1.165) is 0 Å². The number of nitrogens with zero attached hydrogens (tertiary/aromatic N) is 4. The molecule has 1 amide bonds. The van der Waals surface area contributed by atoms with E-state index in [1.165, 1.54) is 47.4 Å². The van der Waals surface area contributed by atoms with Gasteiger partial charge in [0, 0.05) is 24.3 Å². The van der Waals surface area contributed by atoms with E-state index in [2.05, 4.69) is 25.1 Å². The normalized spacial score (nSPS) is 11.1. The van der Waals surface area contributed by atoms with Crippen LogP contribution in [-0.4, -0.2) is 34.1 Å². The van der Waals surface area contributed by atoms with Crippen LogP contribution in [-0.2, 0) is 16.8 Å². The smallest absolute Gasteiger partial charge is 0.276 e. The second kappa shape index (κ2) is 10.1. The van der Waals surface area contributed by atoms with Crippen LogP contribution in [0.3, 0.4) is 0 Å². The number of rotatable bonds is 8. The van der Waals surface area contributed by atoms with E-state index < -0.39 is 15.9 Å². The molecule has 0 fully saturated rings. The van der Waals surface area contributed by atoms with Crippen molar-refractivity contribution in [3.63, 3.8) is 0 Å². The monoisotopic (exact) mass is 518 g/mol. The van der Waals surface area contributed by atoms with Crippen molar-refractivity contribution < 1.29 is 17.9 Å². The molecule has 10 nitrogen and oxygen atoms in total. The molecule has 34 heavy (non-hydrogen) atoms. The molecule has 0 aliphatic rings. The third kappa shape index (κ3) is 5.63. The summed E-state index contributed by atoms with van der Waals surface area (Å²) in [6.45, 7) is 0.0119. The lowest BCUT2D eigenvalue weighted by Crippen LogP contribution is -2.16. The van der Waals surface area contributed by atoms with Crippen LogP contribution in [0, 0.1) is 0 Å². The van der Waals surface area contributed by atoms with Crippen LogP contribution in [0.4, 0.5) is 11.6 Å². The van der Waals surface area contributed by atoms with E-state index in [1.807, 2.05) is 0 Å². The quantitative estimate of drug-likeness (QED) is 0.359. The fraction of sp³-hybridized carbons (Fsp3) is 0.0476. The van der Waals surface area contributed by atoms with E-state index >= 15 is 0 Å². The molecule has 0 spiro atoms. The average Bonchev–Trinajstić information content (AvgIpc) is 3.30. The number of sulfonamides is 1. The summed E-state index contributed by atoms with van der Waals surface area (Å²) in [6.07, 6.45) is 4.41. The fourth-order valence-electron chi connectivity index (χ4n) is 2.73. The van der Waals surface area contributed by atoms with E-state index in [-0.39, 0.29) is 28.3 Å². The predicted molar refractivity (Wildman–Crippen MR) is 127 cm³/mol. The molecule has 0 saturated heterocycles. The highest BCUT2D eigenvalue weighted by Crippen LogP contribution is 2.31. The minimum absolute atomic E-state index is 0.0119. The molecule has 0 saturated carbocycles. The first-order valence-corrected chi connectivity index (χ1v) is 11.9. The van der Waals surface area contributed by atoms with Crippen molar-refractivity contribution in [2.45, 2.75) is 11.6 Å². The summed E-state index contributed by atoms with van der Waals surface area (Å²) in [7, 11) is -3.88. The van der Waals surface area contributed by atoms with Crippen molar-refractivity contribution in [2.75, 3.05) is 10.0 Å². The number of nitrogens with one attached hydrogen (secondary N) is 2. The van der Waals surface area contributed by atoms with Crippen LogP contribution < -0.4 is 14.8 Å². The minimum atomic E-state index is -3.88. The molecular weight excluding hydrogens is 503 g/mol. The molecular formula is C21H16Cl2N6O4S. The molecule has 0 aliphatic heterocycles. The number of halogens is 2. The molecule has 0 unspecified atom stereocenters. The van der Waals surface area contributed by atoms with Gasteiger partial charge < -0.3 is 10.1 Å². The maximum absolute atomic E-state index is 12.5. The number of hydrogen-bond donors (Lipinski definition) is 2. The number of carbonyl (C=O) groups is 1. The van der Waals surface area contributed by atoms with Gasteiger partial charge in [-0.05, 0) is 48.5 Å². The van der Waals surface area contributed by atoms with Crippen molar-refractivity contribution in [2.24, 2.45) is 0 Å². The van der Waals surface area contributed by atoms with Crippen molar-refractivity contribution in [3.8, 4) is 5.75 Å². The largest absolute Gasteiger partial charge is 0.470 e. The molecule has 0 radical (unpaired) electrons. The Morgan fingerprint density at radius 3 is 2.47 bits per heavy atom. The molecule has 2 heterocycles. The highest BCUT2D eigenvalue weighted by molar-refractivity contribution is 7.92. The van der Waals surface area contributed by atoms with Crippen molar-refractivity contribution >= 4 is 50.8 Å². The number of carbonyl (C=O) groups excluding carboxylic acids is 1. The maximum atomic E-state index is 12.5. The van der Waals surface area contributed by atoms with Gasteiger partial charge in [0.05, 0.1) is 9.92 Å². The SMILES string of the molecule is O=C(Nc1ccc(S(=O)(=O)Nc2ncccn2)cc1)c1ccn(COc2cccc(Cl)c2Cl)n1. The van der Waals surface area contributed by atoms with Gasteiger partial charge in [-0.3, -0.25) is 4.79 Å². The topological polar surface area (TPSA) is 128 Å². The zero-order chi connectivity index (χ0) is 24.1. The number of benzene rings is 2. The third-order valence-electron chi connectivity index (χ3n) is 4.36. The Balaban J connectivity index is 1.37. The number of amides is 1. The van der Waals surface area contributed by atoms with Gasteiger partial charge in [-0.25, -0.2) is 27.8 Å². The maximum Gasteiger partial charge on any atom is 0.276 e. The summed E-state index contributed by atoms with van der Waals surface area (Å²) in [5.41, 5.74) is 0.525. The van der Waals surface area contributed by atoms with Gasteiger partial charge in [-0.1, -0.05) is 29.3 Å². The van der Waals surface area contributed by atoms with Gasteiger partial charge in [0.2, 0.25) is 5.95 Å². The highest BCUT2D eigenvalue weighted by Gasteiger charge is 2.16. The van der Waals surface area contributed by atoms with E-state index in [9.17, 15) is 13.2 Å². The molecule has 0 bridgehead atoms. The molecule has 2 aromatic heterocycles.